The first-order valence-corrected chi connectivity index (χ1v) is 6.60. The summed E-state index contributed by atoms with van der Waals surface area (Å²) in [6, 6.07) is 5.78. The van der Waals surface area contributed by atoms with Gasteiger partial charge in [-0.1, -0.05) is 12.1 Å². The van der Waals surface area contributed by atoms with Gasteiger partial charge in [-0.25, -0.2) is 4.79 Å². The van der Waals surface area contributed by atoms with Crippen LogP contribution in [0, 0.1) is 0 Å². The van der Waals surface area contributed by atoms with E-state index in [1.807, 2.05) is 0 Å². The van der Waals surface area contributed by atoms with Crippen LogP contribution in [0.1, 0.15) is 15.9 Å². The van der Waals surface area contributed by atoms with Crippen LogP contribution in [-0.2, 0) is 11.4 Å². The number of hydrogen-bond acceptors (Lipinski definition) is 4. The predicted octanol–water partition coefficient (Wildman–Crippen LogP) is 0.779. The van der Waals surface area contributed by atoms with Crippen molar-refractivity contribution in [3.63, 3.8) is 0 Å². The molecule has 1 unspecified atom stereocenters. The Morgan fingerprint density at radius 1 is 1.33 bits per heavy atom. The summed E-state index contributed by atoms with van der Waals surface area (Å²) in [5, 5.41) is 17.9. The highest BCUT2D eigenvalue weighted by Crippen LogP contribution is 2.23. The normalized spacial score (nSPS) is 18.9. The monoisotopic (exact) mass is 267 g/mol. The summed E-state index contributed by atoms with van der Waals surface area (Å²) < 4.78 is 0. The summed E-state index contributed by atoms with van der Waals surface area (Å²) in [6.07, 6.45) is 0. The third-order valence-electron chi connectivity index (χ3n) is 2.81. The van der Waals surface area contributed by atoms with E-state index in [4.69, 9.17) is 10.2 Å². The molecule has 2 rings (SSSR count). The molecule has 0 spiro atoms. The van der Waals surface area contributed by atoms with Gasteiger partial charge in [0.25, 0.3) is 5.91 Å². The van der Waals surface area contributed by atoms with Crippen molar-refractivity contribution < 1.29 is 19.8 Å². The molecule has 2 N–H and O–H groups in total. The van der Waals surface area contributed by atoms with Gasteiger partial charge >= 0.3 is 5.97 Å². The number of hydrogen-bond donors (Lipinski definition) is 2. The van der Waals surface area contributed by atoms with Crippen molar-refractivity contribution in [1.29, 1.82) is 0 Å². The van der Waals surface area contributed by atoms with Crippen molar-refractivity contribution in [2.45, 2.75) is 12.6 Å². The molecule has 96 valence electrons. The maximum Gasteiger partial charge on any atom is 0.327 e. The lowest BCUT2D eigenvalue weighted by Gasteiger charge is -2.20. The molecule has 1 amide bonds. The Morgan fingerprint density at radius 2 is 2.00 bits per heavy atom. The molecule has 0 aliphatic carbocycles. The minimum Gasteiger partial charge on any atom is -0.480 e. The topological polar surface area (TPSA) is 77.8 Å². The summed E-state index contributed by atoms with van der Waals surface area (Å²) in [7, 11) is 0. The van der Waals surface area contributed by atoms with E-state index in [2.05, 4.69) is 0 Å². The highest BCUT2D eigenvalue weighted by Gasteiger charge is 2.34. The second-order valence-electron chi connectivity index (χ2n) is 3.98. The Morgan fingerprint density at radius 3 is 2.56 bits per heavy atom. The van der Waals surface area contributed by atoms with E-state index >= 15 is 0 Å². The minimum atomic E-state index is -0.972. The number of benzene rings is 1. The Labute approximate surface area is 108 Å². The zero-order valence-corrected chi connectivity index (χ0v) is 10.4. The molecule has 1 saturated heterocycles. The number of carbonyl (C=O) groups excluding carboxylic acids is 1. The van der Waals surface area contributed by atoms with Crippen LogP contribution in [0.25, 0.3) is 0 Å². The first-order chi connectivity index (χ1) is 8.63. The first-order valence-electron chi connectivity index (χ1n) is 5.45. The number of aliphatic hydroxyl groups is 1. The Bertz CT molecular complexity index is 460. The van der Waals surface area contributed by atoms with Gasteiger partial charge in [-0.15, -0.1) is 11.8 Å². The number of carbonyl (C=O) groups is 2. The second kappa shape index (κ2) is 5.41. The van der Waals surface area contributed by atoms with Gasteiger partial charge in [0, 0.05) is 11.3 Å². The Kier molecular flexibility index (Phi) is 3.88. The number of aliphatic carboxylic acids is 1. The maximum atomic E-state index is 12.1. The van der Waals surface area contributed by atoms with Crippen LogP contribution in [0.4, 0.5) is 0 Å². The van der Waals surface area contributed by atoms with Gasteiger partial charge in [0.2, 0.25) is 0 Å². The quantitative estimate of drug-likeness (QED) is 0.846. The van der Waals surface area contributed by atoms with Crippen LogP contribution < -0.4 is 0 Å². The summed E-state index contributed by atoms with van der Waals surface area (Å²) >= 11 is 1.43. The number of nitrogens with zero attached hydrogens (tertiary/aromatic N) is 1. The maximum absolute atomic E-state index is 12.1. The van der Waals surface area contributed by atoms with Crippen molar-refractivity contribution in [3.05, 3.63) is 35.4 Å². The standard InChI is InChI=1S/C12H13NO4S/c14-5-8-1-3-9(4-2-8)11(15)13-7-18-6-10(13)12(16)17/h1-4,10,14H,5-7H2,(H,16,17). The van der Waals surface area contributed by atoms with E-state index in [1.54, 1.807) is 24.3 Å². The molecule has 1 aliphatic heterocycles. The zero-order valence-electron chi connectivity index (χ0n) is 9.57. The highest BCUT2D eigenvalue weighted by molar-refractivity contribution is 7.99. The van der Waals surface area contributed by atoms with Gasteiger partial charge < -0.3 is 15.1 Å². The average molecular weight is 267 g/mol. The van der Waals surface area contributed by atoms with Gasteiger partial charge in [0.05, 0.1) is 12.5 Å². The predicted molar refractivity (Wildman–Crippen MR) is 67.3 cm³/mol. The van der Waals surface area contributed by atoms with Gasteiger partial charge in [-0.3, -0.25) is 4.79 Å². The van der Waals surface area contributed by atoms with Crippen molar-refractivity contribution >= 4 is 23.6 Å². The number of amides is 1. The molecule has 0 bridgehead atoms. The van der Waals surface area contributed by atoms with Crippen LogP contribution in [0.2, 0.25) is 0 Å². The molecular weight excluding hydrogens is 254 g/mol. The summed E-state index contributed by atoms with van der Waals surface area (Å²) in [5.41, 5.74) is 1.16. The number of rotatable bonds is 3. The molecule has 1 aromatic rings. The molecular formula is C12H13NO4S. The smallest absolute Gasteiger partial charge is 0.327 e. The SMILES string of the molecule is O=C(O)C1CSCN1C(=O)c1ccc(CO)cc1. The number of thioether (sulfide) groups is 1. The molecule has 1 atom stereocenters. The van der Waals surface area contributed by atoms with Crippen LogP contribution in [0.5, 0.6) is 0 Å². The molecule has 0 radical (unpaired) electrons. The van der Waals surface area contributed by atoms with Crippen molar-refractivity contribution in [2.75, 3.05) is 11.6 Å². The van der Waals surface area contributed by atoms with Gasteiger partial charge in [-0.2, -0.15) is 0 Å². The lowest BCUT2D eigenvalue weighted by molar-refractivity contribution is -0.140. The second-order valence-corrected chi connectivity index (χ2v) is 4.98. The number of carboxylic acid groups (broad SMARTS) is 1. The molecule has 5 nitrogen and oxygen atoms in total. The van der Waals surface area contributed by atoms with E-state index in [0.717, 1.165) is 5.56 Å². The van der Waals surface area contributed by atoms with E-state index < -0.39 is 12.0 Å². The third-order valence-corrected chi connectivity index (χ3v) is 3.82. The van der Waals surface area contributed by atoms with Crippen molar-refractivity contribution in [2.24, 2.45) is 0 Å². The third kappa shape index (κ3) is 2.49. The number of carboxylic acids is 1. The van der Waals surface area contributed by atoms with Gasteiger partial charge in [0.1, 0.15) is 6.04 Å². The lowest BCUT2D eigenvalue weighted by Crippen LogP contribution is -2.41. The van der Waals surface area contributed by atoms with E-state index in [-0.39, 0.29) is 12.5 Å². The highest BCUT2D eigenvalue weighted by atomic mass is 32.2. The number of aliphatic hydroxyl groups excluding tert-OH is 1. The van der Waals surface area contributed by atoms with E-state index in [0.29, 0.717) is 17.2 Å². The fourth-order valence-corrected chi connectivity index (χ4v) is 2.91. The van der Waals surface area contributed by atoms with Crippen LogP contribution in [0.15, 0.2) is 24.3 Å². The lowest BCUT2D eigenvalue weighted by atomic mass is 10.1. The van der Waals surface area contributed by atoms with Gasteiger partial charge in [-0.05, 0) is 17.7 Å². The zero-order chi connectivity index (χ0) is 13.1. The molecule has 18 heavy (non-hydrogen) atoms. The fourth-order valence-electron chi connectivity index (χ4n) is 1.77. The minimum absolute atomic E-state index is 0.0776. The molecule has 6 heteroatoms. The van der Waals surface area contributed by atoms with Crippen LogP contribution >= 0.6 is 11.8 Å². The van der Waals surface area contributed by atoms with Crippen molar-refractivity contribution in [1.82, 2.24) is 4.90 Å². The largest absolute Gasteiger partial charge is 0.480 e. The molecule has 1 aromatic carbocycles. The van der Waals surface area contributed by atoms with Gasteiger partial charge in [0.15, 0.2) is 0 Å². The molecule has 1 fully saturated rings. The van der Waals surface area contributed by atoms with E-state index in [9.17, 15) is 9.59 Å². The first kappa shape index (κ1) is 12.9. The summed E-state index contributed by atoms with van der Waals surface area (Å²) in [4.78, 5) is 24.5. The Balaban J connectivity index is 2.17. The van der Waals surface area contributed by atoms with Crippen LogP contribution in [0.3, 0.4) is 0 Å². The summed E-state index contributed by atoms with van der Waals surface area (Å²) in [6.45, 7) is -0.0776. The van der Waals surface area contributed by atoms with Crippen LogP contribution in [-0.4, -0.2) is 44.7 Å². The summed E-state index contributed by atoms with van der Waals surface area (Å²) in [5.74, 6) is -0.426. The molecule has 1 heterocycles. The molecule has 0 aromatic heterocycles. The molecule has 1 aliphatic rings. The average Bonchev–Trinajstić information content (AvgIpc) is 2.87. The Hall–Kier alpha value is -1.53. The molecule has 0 saturated carbocycles. The fraction of sp³-hybridized carbons (Fsp3) is 0.333. The van der Waals surface area contributed by atoms with Crippen molar-refractivity contribution in [3.8, 4) is 0 Å². The van der Waals surface area contributed by atoms with E-state index in [1.165, 1.54) is 16.7 Å².